The van der Waals surface area contributed by atoms with E-state index in [2.05, 4.69) is 49.6 Å². The van der Waals surface area contributed by atoms with E-state index < -0.39 is 0 Å². The molecule has 2 aliphatic rings. The highest BCUT2D eigenvalue weighted by atomic mass is 16.3. The Bertz CT molecular complexity index is 889. The highest BCUT2D eigenvalue weighted by molar-refractivity contribution is 6.01. The molecule has 0 amide bonds. The van der Waals surface area contributed by atoms with Crippen molar-refractivity contribution in [2.75, 3.05) is 10.6 Å². The lowest BCUT2D eigenvalue weighted by atomic mass is 9.74. The number of anilines is 2. The van der Waals surface area contributed by atoms with Crippen LogP contribution in [0.3, 0.4) is 0 Å². The van der Waals surface area contributed by atoms with Crippen LogP contribution in [0.15, 0.2) is 46.0 Å². The van der Waals surface area contributed by atoms with Crippen LogP contribution in [0, 0.1) is 19.3 Å². The molecular formula is C21H24N2O2. The van der Waals surface area contributed by atoms with Gasteiger partial charge in [0.1, 0.15) is 17.6 Å². The van der Waals surface area contributed by atoms with Crippen LogP contribution in [0.4, 0.5) is 11.4 Å². The fourth-order valence-electron chi connectivity index (χ4n) is 3.88. The molecule has 1 atom stereocenters. The maximum Gasteiger partial charge on any atom is 0.163 e. The van der Waals surface area contributed by atoms with Gasteiger partial charge in [-0.15, -0.1) is 0 Å². The number of rotatable bonds is 1. The standard InChI is InChI=1S/C21H24N2O2/c1-12-5-7-14-15(9-12)23-20(18-8-6-13(2)25-18)19-16(22-14)10-21(3,4)11-17(19)24/h5-9,20,22-23H,10-11H2,1-4H3. The van der Waals surface area contributed by atoms with Gasteiger partial charge < -0.3 is 15.1 Å². The second-order valence-corrected chi connectivity index (χ2v) is 8.03. The molecule has 1 unspecified atom stereocenters. The molecule has 1 aliphatic carbocycles. The molecule has 1 aromatic carbocycles. The van der Waals surface area contributed by atoms with E-state index in [4.69, 9.17) is 4.42 Å². The van der Waals surface area contributed by atoms with E-state index in [1.54, 1.807) is 0 Å². The summed E-state index contributed by atoms with van der Waals surface area (Å²) in [5.41, 5.74) is 4.96. The minimum absolute atomic E-state index is 0.0399. The zero-order chi connectivity index (χ0) is 17.8. The number of allylic oxidation sites excluding steroid dienone is 1. The first-order chi connectivity index (χ1) is 11.8. The van der Waals surface area contributed by atoms with Crippen molar-refractivity contribution < 1.29 is 9.21 Å². The SMILES string of the molecule is Cc1ccc2c(c1)NC(c1ccc(C)o1)C1=C(CC(C)(C)CC1=O)N2. The molecule has 0 fully saturated rings. The van der Waals surface area contributed by atoms with E-state index in [0.717, 1.165) is 40.6 Å². The summed E-state index contributed by atoms with van der Waals surface area (Å²) in [5, 5.41) is 7.09. The molecule has 0 bridgehead atoms. The van der Waals surface area contributed by atoms with Crippen LogP contribution in [0.5, 0.6) is 0 Å². The Balaban J connectivity index is 1.89. The molecule has 2 aromatic rings. The summed E-state index contributed by atoms with van der Waals surface area (Å²) in [4.78, 5) is 13.0. The van der Waals surface area contributed by atoms with Gasteiger partial charge >= 0.3 is 0 Å². The zero-order valence-electron chi connectivity index (χ0n) is 15.2. The third-order valence-electron chi connectivity index (χ3n) is 5.01. The third-order valence-corrected chi connectivity index (χ3v) is 5.01. The van der Waals surface area contributed by atoms with Crippen molar-refractivity contribution in [1.29, 1.82) is 0 Å². The molecule has 1 aromatic heterocycles. The Morgan fingerprint density at radius 1 is 1.08 bits per heavy atom. The fraction of sp³-hybridized carbons (Fsp3) is 0.381. The second-order valence-electron chi connectivity index (χ2n) is 8.03. The predicted octanol–water partition coefficient (Wildman–Crippen LogP) is 5.12. The van der Waals surface area contributed by atoms with Crippen LogP contribution in [-0.2, 0) is 4.79 Å². The van der Waals surface area contributed by atoms with E-state index in [1.807, 2.05) is 19.1 Å². The van der Waals surface area contributed by atoms with Gasteiger partial charge in [0.25, 0.3) is 0 Å². The van der Waals surface area contributed by atoms with E-state index in [-0.39, 0.29) is 17.2 Å². The topological polar surface area (TPSA) is 54.3 Å². The van der Waals surface area contributed by atoms with Crippen LogP contribution in [-0.4, -0.2) is 5.78 Å². The van der Waals surface area contributed by atoms with Gasteiger partial charge in [0.2, 0.25) is 0 Å². The zero-order valence-corrected chi connectivity index (χ0v) is 15.2. The van der Waals surface area contributed by atoms with Crippen LogP contribution >= 0.6 is 0 Å². The summed E-state index contributed by atoms with van der Waals surface area (Å²) in [5.74, 6) is 1.83. The number of nitrogens with one attached hydrogen (secondary N) is 2. The van der Waals surface area contributed by atoms with Crippen LogP contribution < -0.4 is 10.6 Å². The maximum absolute atomic E-state index is 13.0. The molecule has 2 heterocycles. The molecule has 0 saturated carbocycles. The molecule has 1 aliphatic heterocycles. The van der Waals surface area contributed by atoms with Crippen molar-refractivity contribution >= 4 is 17.2 Å². The van der Waals surface area contributed by atoms with Crippen molar-refractivity contribution in [3.8, 4) is 0 Å². The lowest BCUT2D eigenvalue weighted by Crippen LogP contribution is -2.31. The molecule has 4 nitrogen and oxygen atoms in total. The number of carbonyl (C=O) groups excluding carboxylic acids is 1. The lowest BCUT2D eigenvalue weighted by Gasteiger charge is -2.33. The number of hydrogen-bond acceptors (Lipinski definition) is 4. The van der Waals surface area contributed by atoms with Crippen LogP contribution in [0.25, 0.3) is 0 Å². The Labute approximate surface area is 148 Å². The Morgan fingerprint density at radius 2 is 1.88 bits per heavy atom. The van der Waals surface area contributed by atoms with Crippen molar-refractivity contribution in [2.45, 2.75) is 46.6 Å². The molecule has 25 heavy (non-hydrogen) atoms. The summed E-state index contributed by atoms with van der Waals surface area (Å²) in [7, 11) is 0. The maximum atomic E-state index is 13.0. The number of Topliss-reactive ketones (excluding diaryl/α,β-unsaturated/α-hetero) is 1. The van der Waals surface area contributed by atoms with Gasteiger partial charge in [-0.2, -0.15) is 0 Å². The number of furan rings is 1. The Hall–Kier alpha value is -2.49. The number of fused-ring (bicyclic) bond motifs is 1. The molecule has 0 spiro atoms. The smallest absolute Gasteiger partial charge is 0.163 e. The predicted molar refractivity (Wildman–Crippen MR) is 99.7 cm³/mol. The monoisotopic (exact) mass is 336 g/mol. The number of benzene rings is 1. The van der Waals surface area contributed by atoms with Crippen molar-refractivity contribution in [3.05, 3.63) is 58.7 Å². The Kier molecular flexibility index (Phi) is 3.53. The van der Waals surface area contributed by atoms with Gasteiger partial charge in [0.05, 0.1) is 11.4 Å². The van der Waals surface area contributed by atoms with E-state index in [0.29, 0.717) is 6.42 Å². The summed E-state index contributed by atoms with van der Waals surface area (Å²) in [6.45, 7) is 8.30. The molecular weight excluding hydrogens is 312 g/mol. The van der Waals surface area contributed by atoms with Crippen molar-refractivity contribution in [2.24, 2.45) is 5.41 Å². The molecule has 130 valence electrons. The van der Waals surface area contributed by atoms with Gasteiger partial charge in [-0.1, -0.05) is 19.9 Å². The Morgan fingerprint density at radius 3 is 2.60 bits per heavy atom. The average Bonchev–Trinajstić information content (AvgIpc) is 2.86. The van der Waals surface area contributed by atoms with Gasteiger partial charge in [-0.3, -0.25) is 4.79 Å². The summed E-state index contributed by atoms with van der Waals surface area (Å²) in [6.07, 6.45) is 1.40. The first-order valence-electron chi connectivity index (χ1n) is 8.79. The normalized spacial score (nSPS) is 21.8. The highest BCUT2D eigenvalue weighted by Gasteiger charge is 2.39. The van der Waals surface area contributed by atoms with Crippen LogP contribution in [0.2, 0.25) is 0 Å². The molecule has 2 N–H and O–H groups in total. The number of ketones is 1. The average molecular weight is 336 g/mol. The molecule has 0 radical (unpaired) electrons. The van der Waals surface area contributed by atoms with Crippen molar-refractivity contribution in [3.63, 3.8) is 0 Å². The largest absolute Gasteiger partial charge is 0.464 e. The first-order valence-corrected chi connectivity index (χ1v) is 8.79. The highest BCUT2D eigenvalue weighted by Crippen LogP contribution is 2.45. The lowest BCUT2D eigenvalue weighted by molar-refractivity contribution is -0.118. The minimum Gasteiger partial charge on any atom is -0.464 e. The summed E-state index contributed by atoms with van der Waals surface area (Å²) >= 11 is 0. The van der Waals surface area contributed by atoms with Gasteiger partial charge in [-0.05, 0) is 55.5 Å². The van der Waals surface area contributed by atoms with Gasteiger partial charge in [0, 0.05) is 17.7 Å². The second kappa shape index (κ2) is 5.51. The van der Waals surface area contributed by atoms with Crippen molar-refractivity contribution in [1.82, 2.24) is 0 Å². The summed E-state index contributed by atoms with van der Waals surface area (Å²) < 4.78 is 5.90. The molecule has 4 heteroatoms. The number of aryl methyl sites for hydroxylation is 2. The van der Waals surface area contributed by atoms with E-state index in [1.165, 1.54) is 5.56 Å². The van der Waals surface area contributed by atoms with Gasteiger partial charge in [-0.25, -0.2) is 0 Å². The quantitative estimate of drug-likeness (QED) is 0.759. The number of carbonyl (C=O) groups is 1. The number of hydrogen-bond donors (Lipinski definition) is 2. The summed E-state index contributed by atoms with van der Waals surface area (Å²) in [6, 6.07) is 9.92. The molecule has 0 saturated heterocycles. The minimum atomic E-state index is -0.261. The molecule has 4 rings (SSSR count). The fourth-order valence-corrected chi connectivity index (χ4v) is 3.88. The van der Waals surface area contributed by atoms with Gasteiger partial charge in [0.15, 0.2) is 5.78 Å². The third kappa shape index (κ3) is 2.86. The first kappa shape index (κ1) is 16.0. The van der Waals surface area contributed by atoms with Crippen LogP contribution in [0.1, 0.15) is 49.8 Å². The van der Waals surface area contributed by atoms with E-state index >= 15 is 0 Å². The van der Waals surface area contributed by atoms with E-state index in [9.17, 15) is 4.79 Å².